The molecular formula is C14H18N4O. The second-order valence-corrected chi connectivity index (χ2v) is 4.97. The summed E-state index contributed by atoms with van der Waals surface area (Å²) < 4.78 is 5.85. The first kappa shape index (κ1) is 12.0. The molecule has 5 nitrogen and oxygen atoms in total. The highest BCUT2D eigenvalue weighted by Gasteiger charge is 2.37. The molecule has 1 saturated heterocycles. The van der Waals surface area contributed by atoms with E-state index >= 15 is 0 Å². The molecule has 100 valence electrons. The zero-order valence-electron chi connectivity index (χ0n) is 11.0. The first-order valence-electron chi connectivity index (χ1n) is 6.54. The number of aliphatic imine (C=N–C) groups is 1. The molecule has 1 fully saturated rings. The second-order valence-electron chi connectivity index (χ2n) is 4.97. The number of hydrogen-bond donors (Lipinski definition) is 1. The van der Waals surface area contributed by atoms with Crippen molar-refractivity contribution in [2.45, 2.75) is 25.4 Å². The molecule has 1 aromatic rings. The summed E-state index contributed by atoms with van der Waals surface area (Å²) in [6.45, 7) is 3.67. The van der Waals surface area contributed by atoms with Gasteiger partial charge in [-0.3, -0.25) is 4.99 Å². The highest BCUT2D eigenvalue weighted by molar-refractivity contribution is 5.71. The summed E-state index contributed by atoms with van der Waals surface area (Å²) >= 11 is 0. The van der Waals surface area contributed by atoms with Gasteiger partial charge in [0.1, 0.15) is 6.61 Å². The SMILES string of the molecule is Cc1ccnc2c1OC[C@@H]1C[C@H](N=C/C=C\N)CN21. The lowest BCUT2D eigenvalue weighted by molar-refractivity contribution is 0.267. The lowest BCUT2D eigenvalue weighted by atomic mass is 10.1. The second kappa shape index (κ2) is 4.91. The van der Waals surface area contributed by atoms with E-state index in [9.17, 15) is 0 Å². The average Bonchev–Trinajstić information content (AvgIpc) is 2.82. The van der Waals surface area contributed by atoms with E-state index in [4.69, 9.17) is 10.5 Å². The van der Waals surface area contributed by atoms with E-state index in [0.29, 0.717) is 6.04 Å². The van der Waals surface area contributed by atoms with E-state index in [1.165, 1.54) is 6.20 Å². The Bertz CT molecular complexity index is 526. The van der Waals surface area contributed by atoms with Crippen LogP contribution in [0.4, 0.5) is 5.82 Å². The smallest absolute Gasteiger partial charge is 0.172 e. The third kappa shape index (κ3) is 2.16. The molecule has 0 saturated carbocycles. The summed E-state index contributed by atoms with van der Waals surface area (Å²) in [7, 11) is 0. The van der Waals surface area contributed by atoms with Crippen molar-refractivity contribution >= 4 is 12.0 Å². The van der Waals surface area contributed by atoms with E-state index in [1.54, 1.807) is 12.3 Å². The number of fused-ring (bicyclic) bond motifs is 3. The predicted molar refractivity (Wildman–Crippen MR) is 75.8 cm³/mol. The molecule has 19 heavy (non-hydrogen) atoms. The van der Waals surface area contributed by atoms with Gasteiger partial charge < -0.3 is 15.4 Å². The summed E-state index contributed by atoms with van der Waals surface area (Å²) in [6.07, 6.45) is 7.87. The van der Waals surface area contributed by atoms with Crippen LogP contribution in [0.5, 0.6) is 5.75 Å². The van der Waals surface area contributed by atoms with Gasteiger partial charge in [-0.05, 0) is 37.3 Å². The molecule has 0 unspecified atom stereocenters. The van der Waals surface area contributed by atoms with Crippen molar-refractivity contribution in [1.29, 1.82) is 0 Å². The highest BCUT2D eigenvalue weighted by atomic mass is 16.5. The van der Waals surface area contributed by atoms with Gasteiger partial charge in [0.05, 0.1) is 12.1 Å². The maximum absolute atomic E-state index is 5.85. The minimum absolute atomic E-state index is 0.290. The molecule has 3 heterocycles. The van der Waals surface area contributed by atoms with Crippen LogP contribution < -0.4 is 15.4 Å². The van der Waals surface area contributed by atoms with Gasteiger partial charge in [0.15, 0.2) is 11.6 Å². The first-order chi connectivity index (χ1) is 9.29. The molecule has 0 radical (unpaired) electrons. The molecule has 0 aromatic carbocycles. The summed E-state index contributed by atoms with van der Waals surface area (Å²) in [5.41, 5.74) is 6.44. The largest absolute Gasteiger partial charge is 0.487 e. The number of nitrogens with two attached hydrogens (primary N) is 1. The van der Waals surface area contributed by atoms with Crippen LogP contribution in [0.2, 0.25) is 0 Å². The molecule has 2 aliphatic rings. The average molecular weight is 258 g/mol. The lowest BCUT2D eigenvalue weighted by Gasteiger charge is -2.32. The fourth-order valence-corrected chi connectivity index (χ4v) is 2.73. The molecule has 1 aromatic heterocycles. The van der Waals surface area contributed by atoms with Crippen LogP contribution in [-0.2, 0) is 0 Å². The number of aromatic nitrogens is 1. The number of hydrogen-bond acceptors (Lipinski definition) is 5. The Morgan fingerprint density at radius 3 is 3.32 bits per heavy atom. The van der Waals surface area contributed by atoms with Crippen LogP contribution in [0, 0.1) is 6.92 Å². The number of anilines is 1. The first-order valence-corrected chi connectivity index (χ1v) is 6.54. The number of pyridine rings is 1. The van der Waals surface area contributed by atoms with Crippen molar-refractivity contribution in [3.8, 4) is 5.75 Å². The van der Waals surface area contributed by atoms with E-state index in [0.717, 1.165) is 36.7 Å². The maximum atomic E-state index is 5.85. The zero-order chi connectivity index (χ0) is 13.2. The fraction of sp³-hybridized carbons (Fsp3) is 0.429. The lowest BCUT2D eigenvalue weighted by Crippen LogP contribution is -2.39. The Morgan fingerprint density at radius 1 is 1.58 bits per heavy atom. The fourth-order valence-electron chi connectivity index (χ4n) is 2.73. The Balaban J connectivity index is 1.82. The van der Waals surface area contributed by atoms with Crippen molar-refractivity contribution < 1.29 is 4.74 Å². The van der Waals surface area contributed by atoms with Crippen molar-refractivity contribution in [3.63, 3.8) is 0 Å². The van der Waals surface area contributed by atoms with E-state index in [2.05, 4.69) is 21.8 Å². The summed E-state index contributed by atoms with van der Waals surface area (Å²) in [6, 6.07) is 2.65. The standard InChI is InChI=1S/C14H18N4O/c1-10-3-6-17-14-13(10)19-9-12-7-11(8-18(12)14)16-5-2-4-15/h2-6,11-12H,7-9,15H2,1H3/b4-2-,16-5?/t11-,12-/m0/s1. The Hall–Kier alpha value is -2.04. The predicted octanol–water partition coefficient (Wildman–Crippen LogP) is 1.27. The topological polar surface area (TPSA) is 63.7 Å². The zero-order valence-corrected chi connectivity index (χ0v) is 11.0. The van der Waals surface area contributed by atoms with Crippen LogP contribution in [0.1, 0.15) is 12.0 Å². The van der Waals surface area contributed by atoms with Crippen LogP contribution in [0.3, 0.4) is 0 Å². The number of aryl methyl sites for hydroxylation is 1. The van der Waals surface area contributed by atoms with Crippen molar-refractivity contribution in [1.82, 2.24) is 4.98 Å². The monoisotopic (exact) mass is 258 g/mol. The van der Waals surface area contributed by atoms with Gasteiger partial charge in [-0.2, -0.15) is 0 Å². The summed E-state index contributed by atoms with van der Waals surface area (Å²) in [5, 5.41) is 0. The van der Waals surface area contributed by atoms with Crippen LogP contribution >= 0.6 is 0 Å². The third-order valence-electron chi connectivity index (χ3n) is 3.66. The molecule has 5 heteroatoms. The highest BCUT2D eigenvalue weighted by Crippen LogP contribution is 2.38. The molecular weight excluding hydrogens is 240 g/mol. The molecule has 2 aliphatic heterocycles. The van der Waals surface area contributed by atoms with Gasteiger partial charge in [-0.15, -0.1) is 0 Å². The minimum Gasteiger partial charge on any atom is -0.487 e. The minimum atomic E-state index is 0.290. The number of nitrogens with zero attached hydrogens (tertiary/aromatic N) is 3. The van der Waals surface area contributed by atoms with Crippen LogP contribution in [0.25, 0.3) is 0 Å². The molecule has 2 atom stereocenters. The normalized spacial score (nSPS) is 25.6. The van der Waals surface area contributed by atoms with Gasteiger partial charge >= 0.3 is 0 Å². The van der Waals surface area contributed by atoms with Gasteiger partial charge in [0.2, 0.25) is 0 Å². The molecule has 0 bridgehead atoms. The quantitative estimate of drug-likeness (QED) is 0.811. The van der Waals surface area contributed by atoms with Crippen molar-refractivity contribution in [3.05, 3.63) is 30.1 Å². The van der Waals surface area contributed by atoms with E-state index in [-0.39, 0.29) is 6.04 Å². The van der Waals surface area contributed by atoms with Gasteiger partial charge in [0.25, 0.3) is 0 Å². The van der Waals surface area contributed by atoms with Crippen LogP contribution in [-0.4, -0.2) is 36.4 Å². The molecule has 0 aliphatic carbocycles. The summed E-state index contributed by atoms with van der Waals surface area (Å²) in [4.78, 5) is 11.3. The van der Waals surface area contributed by atoms with Crippen molar-refractivity contribution in [2.24, 2.45) is 10.7 Å². The Labute approximate surface area is 112 Å². The van der Waals surface area contributed by atoms with E-state index < -0.39 is 0 Å². The Morgan fingerprint density at radius 2 is 2.47 bits per heavy atom. The number of allylic oxidation sites excluding steroid dienone is 1. The molecule has 0 spiro atoms. The van der Waals surface area contributed by atoms with Gasteiger partial charge in [-0.1, -0.05) is 0 Å². The maximum Gasteiger partial charge on any atom is 0.172 e. The number of ether oxygens (including phenoxy) is 1. The van der Waals surface area contributed by atoms with Gasteiger partial charge in [-0.25, -0.2) is 4.98 Å². The molecule has 2 N–H and O–H groups in total. The third-order valence-corrected chi connectivity index (χ3v) is 3.66. The van der Waals surface area contributed by atoms with E-state index in [1.807, 2.05) is 12.3 Å². The van der Waals surface area contributed by atoms with Gasteiger partial charge in [0, 0.05) is 19.0 Å². The number of rotatable bonds is 2. The van der Waals surface area contributed by atoms with Crippen molar-refractivity contribution in [2.75, 3.05) is 18.1 Å². The summed E-state index contributed by atoms with van der Waals surface area (Å²) in [5.74, 6) is 1.88. The van der Waals surface area contributed by atoms with Crippen LogP contribution in [0.15, 0.2) is 29.5 Å². The molecule has 3 rings (SSSR count). The molecule has 0 amide bonds. The Kier molecular flexibility index (Phi) is 3.11.